The van der Waals surface area contributed by atoms with Crippen molar-refractivity contribution in [2.45, 2.75) is 29.8 Å². The van der Waals surface area contributed by atoms with E-state index in [9.17, 15) is 0 Å². The monoisotopic (exact) mass is 230 g/mol. The molecule has 1 aromatic rings. The Bertz CT molecular complexity index is 301. The number of rotatable bonds is 4. The molecule has 1 atom stereocenters. The van der Waals surface area contributed by atoms with Crippen LogP contribution in [-0.2, 0) is 11.3 Å². The lowest BCUT2D eigenvalue weighted by atomic mass is 10.2. The molecule has 0 aliphatic carbocycles. The summed E-state index contributed by atoms with van der Waals surface area (Å²) in [6.07, 6.45) is 2.23. The molecule has 1 saturated heterocycles. The summed E-state index contributed by atoms with van der Waals surface area (Å²) >= 11 is 1.63. The second-order valence-electron chi connectivity index (χ2n) is 3.37. The SMILES string of the molecule is OCCn1nnnc1SC1CCCOC1. The molecule has 84 valence electrons. The molecule has 7 heteroatoms. The van der Waals surface area contributed by atoms with E-state index in [1.165, 1.54) is 0 Å². The molecule has 1 aliphatic rings. The van der Waals surface area contributed by atoms with Gasteiger partial charge in [-0.15, -0.1) is 5.10 Å². The van der Waals surface area contributed by atoms with E-state index >= 15 is 0 Å². The molecule has 2 heterocycles. The number of hydrogen-bond acceptors (Lipinski definition) is 6. The van der Waals surface area contributed by atoms with Gasteiger partial charge in [0, 0.05) is 11.9 Å². The number of aliphatic hydroxyl groups excluding tert-OH is 1. The lowest BCUT2D eigenvalue weighted by Crippen LogP contribution is -2.20. The van der Waals surface area contributed by atoms with E-state index in [-0.39, 0.29) is 6.61 Å². The average molecular weight is 230 g/mol. The molecular formula is C8H14N4O2S. The van der Waals surface area contributed by atoms with Crippen LogP contribution >= 0.6 is 11.8 Å². The highest BCUT2D eigenvalue weighted by molar-refractivity contribution is 7.99. The summed E-state index contributed by atoms with van der Waals surface area (Å²) < 4.78 is 7.01. The van der Waals surface area contributed by atoms with E-state index in [0.717, 1.165) is 31.2 Å². The first-order chi connectivity index (χ1) is 7.40. The standard InChI is InChI=1S/C8H14N4O2S/c13-4-3-12-8(9-10-11-12)15-7-2-1-5-14-6-7/h7,13H,1-6H2. The maximum atomic E-state index is 8.82. The van der Waals surface area contributed by atoms with Gasteiger partial charge >= 0.3 is 0 Å². The molecule has 15 heavy (non-hydrogen) atoms. The Balaban J connectivity index is 1.93. The summed E-state index contributed by atoms with van der Waals surface area (Å²) in [5, 5.41) is 21.3. The zero-order valence-electron chi connectivity index (χ0n) is 8.37. The molecule has 1 aliphatic heterocycles. The summed E-state index contributed by atoms with van der Waals surface area (Å²) in [5.74, 6) is 0. The Morgan fingerprint density at radius 1 is 1.60 bits per heavy atom. The highest BCUT2D eigenvalue weighted by atomic mass is 32.2. The van der Waals surface area contributed by atoms with Crippen LogP contribution in [0.1, 0.15) is 12.8 Å². The molecule has 1 N–H and O–H groups in total. The van der Waals surface area contributed by atoms with E-state index in [2.05, 4.69) is 15.5 Å². The van der Waals surface area contributed by atoms with Crippen molar-refractivity contribution in [2.75, 3.05) is 19.8 Å². The molecule has 1 unspecified atom stereocenters. The van der Waals surface area contributed by atoms with Crippen molar-refractivity contribution >= 4 is 11.8 Å². The fraction of sp³-hybridized carbons (Fsp3) is 0.875. The van der Waals surface area contributed by atoms with Gasteiger partial charge in [-0.1, -0.05) is 11.8 Å². The van der Waals surface area contributed by atoms with Gasteiger partial charge in [0.15, 0.2) is 0 Å². The molecule has 1 aromatic heterocycles. The molecule has 0 amide bonds. The van der Waals surface area contributed by atoms with E-state index in [4.69, 9.17) is 9.84 Å². The number of aliphatic hydroxyl groups is 1. The molecule has 0 spiro atoms. The number of tetrazole rings is 1. The van der Waals surface area contributed by atoms with Crippen molar-refractivity contribution in [1.29, 1.82) is 0 Å². The third-order valence-corrected chi connectivity index (χ3v) is 3.41. The summed E-state index contributed by atoms with van der Waals surface area (Å²) in [7, 11) is 0. The maximum Gasteiger partial charge on any atom is 0.209 e. The molecule has 0 bridgehead atoms. The van der Waals surface area contributed by atoms with E-state index < -0.39 is 0 Å². The van der Waals surface area contributed by atoms with Crippen LogP contribution in [0, 0.1) is 0 Å². The average Bonchev–Trinajstić information content (AvgIpc) is 2.68. The highest BCUT2D eigenvalue weighted by Gasteiger charge is 2.18. The summed E-state index contributed by atoms with van der Waals surface area (Å²) in [4.78, 5) is 0. The van der Waals surface area contributed by atoms with Crippen molar-refractivity contribution in [3.63, 3.8) is 0 Å². The first kappa shape index (κ1) is 10.8. The first-order valence-corrected chi connectivity index (χ1v) is 5.89. The fourth-order valence-electron chi connectivity index (χ4n) is 1.47. The van der Waals surface area contributed by atoms with Gasteiger partial charge in [0.25, 0.3) is 0 Å². The van der Waals surface area contributed by atoms with Gasteiger partial charge in [-0.3, -0.25) is 0 Å². The smallest absolute Gasteiger partial charge is 0.209 e. The van der Waals surface area contributed by atoms with Crippen LogP contribution in [-0.4, -0.2) is 50.4 Å². The normalized spacial score (nSPS) is 21.8. The largest absolute Gasteiger partial charge is 0.394 e. The number of nitrogens with zero attached hydrogens (tertiary/aromatic N) is 4. The molecule has 6 nitrogen and oxygen atoms in total. The Hall–Kier alpha value is -0.660. The molecule has 0 radical (unpaired) electrons. The lowest BCUT2D eigenvalue weighted by molar-refractivity contribution is 0.101. The van der Waals surface area contributed by atoms with Crippen LogP contribution in [0.4, 0.5) is 0 Å². The van der Waals surface area contributed by atoms with Crippen LogP contribution < -0.4 is 0 Å². The van der Waals surface area contributed by atoms with Crippen molar-refractivity contribution in [3.8, 4) is 0 Å². The molecule has 2 rings (SSSR count). The van der Waals surface area contributed by atoms with Crippen molar-refractivity contribution in [3.05, 3.63) is 0 Å². The molecule has 0 saturated carbocycles. The number of thioether (sulfide) groups is 1. The van der Waals surface area contributed by atoms with E-state index in [0.29, 0.717) is 11.8 Å². The van der Waals surface area contributed by atoms with Crippen molar-refractivity contribution < 1.29 is 9.84 Å². The zero-order chi connectivity index (χ0) is 10.5. The third kappa shape index (κ3) is 2.90. The van der Waals surface area contributed by atoms with Gasteiger partial charge in [0.1, 0.15) is 0 Å². The van der Waals surface area contributed by atoms with Gasteiger partial charge in [-0.2, -0.15) is 0 Å². The summed E-state index contributed by atoms with van der Waals surface area (Å²) in [6, 6.07) is 0. The molecular weight excluding hydrogens is 216 g/mol. The van der Waals surface area contributed by atoms with Gasteiger partial charge in [-0.25, -0.2) is 4.68 Å². The lowest BCUT2D eigenvalue weighted by Gasteiger charge is -2.20. The Labute approximate surface area is 92.0 Å². The van der Waals surface area contributed by atoms with Gasteiger partial charge in [0.2, 0.25) is 5.16 Å². The van der Waals surface area contributed by atoms with Crippen LogP contribution in [0.25, 0.3) is 0 Å². The van der Waals surface area contributed by atoms with Crippen molar-refractivity contribution in [1.82, 2.24) is 20.2 Å². The van der Waals surface area contributed by atoms with Crippen molar-refractivity contribution in [2.24, 2.45) is 0 Å². The van der Waals surface area contributed by atoms with Gasteiger partial charge in [-0.05, 0) is 23.3 Å². The topological polar surface area (TPSA) is 73.1 Å². The van der Waals surface area contributed by atoms with Gasteiger partial charge < -0.3 is 9.84 Å². The minimum atomic E-state index is 0.0553. The van der Waals surface area contributed by atoms with Crippen LogP contribution in [0.3, 0.4) is 0 Å². The molecule has 0 aromatic carbocycles. The minimum Gasteiger partial charge on any atom is -0.394 e. The Morgan fingerprint density at radius 2 is 2.53 bits per heavy atom. The third-order valence-electron chi connectivity index (χ3n) is 2.20. The number of aromatic nitrogens is 4. The predicted molar refractivity (Wildman–Crippen MR) is 54.6 cm³/mol. The second-order valence-corrected chi connectivity index (χ2v) is 4.63. The molecule has 1 fully saturated rings. The fourth-order valence-corrected chi connectivity index (χ4v) is 2.55. The van der Waals surface area contributed by atoms with Crippen LogP contribution in [0.5, 0.6) is 0 Å². The predicted octanol–water partition coefficient (Wildman–Crippen LogP) is -0.0635. The van der Waals surface area contributed by atoms with E-state index in [1.807, 2.05) is 0 Å². The van der Waals surface area contributed by atoms with E-state index in [1.54, 1.807) is 16.4 Å². The quantitative estimate of drug-likeness (QED) is 0.781. The zero-order valence-corrected chi connectivity index (χ0v) is 9.19. The first-order valence-electron chi connectivity index (χ1n) is 5.01. The highest BCUT2D eigenvalue weighted by Crippen LogP contribution is 2.26. The minimum absolute atomic E-state index is 0.0553. The second kappa shape index (κ2) is 5.43. The maximum absolute atomic E-state index is 8.82. The van der Waals surface area contributed by atoms with Crippen LogP contribution in [0.15, 0.2) is 5.16 Å². The van der Waals surface area contributed by atoms with Crippen LogP contribution in [0.2, 0.25) is 0 Å². The van der Waals surface area contributed by atoms with Gasteiger partial charge in [0.05, 0.1) is 19.8 Å². The Kier molecular flexibility index (Phi) is 3.93. The number of ether oxygens (including phenoxy) is 1. The summed E-state index contributed by atoms with van der Waals surface area (Å²) in [5.41, 5.74) is 0. The number of hydrogen-bond donors (Lipinski definition) is 1. The summed E-state index contributed by atoms with van der Waals surface area (Å²) in [6.45, 7) is 2.12. The Morgan fingerprint density at radius 3 is 3.27 bits per heavy atom.